The van der Waals surface area contributed by atoms with Crippen molar-refractivity contribution < 1.29 is 9.53 Å². The van der Waals surface area contributed by atoms with E-state index in [1.54, 1.807) is 0 Å². The maximum Gasteiger partial charge on any atom is 0.325 e. The minimum Gasteiger partial charge on any atom is -0.441 e. The molecule has 2 heterocycles. The van der Waals surface area contributed by atoms with E-state index in [0.29, 0.717) is 17.5 Å². The smallest absolute Gasteiger partial charge is 0.325 e. The first kappa shape index (κ1) is 14.9. The number of rotatable bonds is 5. The lowest BCUT2D eigenvalue weighted by atomic mass is 10.1. The molecule has 0 saturated carbocycles. The summed E-state index contributed by atoms with van der Waals surface area (Å²) in [5.41, 5.74) is 6.85. The number of carbonyl (C=O) groups is 1. The maximum absolute atomic E-state index is 12.0. The van der Waals surface area contributed by atoms with Gasteiger partial charge in [-0.05, 0) is 12.0 Å². The third-order valence-electron chi connectivity index (χ3n) is 3.37. The average molecular weight is 313 g/mol. The Morgan fingerprint density at radius 1 is 1.35 bits per heavy atom. The summed E-state index contributed by atoms with van der Waals surface area (Å²) in [5, 5.41) is 4.32. The maximum atomic E-state index is 12.0. The fourth-order valence-electron chi connectivity index (χ4n) is 2.18. The molecule has 0 aliphatic heterocycles. The third-order valence-corrected chi connectivity index (χ3v) is 3.37. The first-order chi connectivity index (χ1) is 11.1. The normalized spacial score (nSPS) is 12.2. The second-order valence-corrected chi connectivity index (χ2v) is 5.00. The van der Waals surface area contributed by atoms with Gasteiger partial charge in [0, 0.05) is 0 Å². The van der Waals surface area contributed by atoms with Crippen LogP contribution in [0.15, 0.2) is 47.7 Å². The van der Waals surface area contributed by atoms with Gasteiger partial charge in [0.25, 0.3) is 5.56 Å². The van der Waals surface area contributed by atoms with Gasteiger partial charge in [-0.1, -0.05) is 30.3 Å². The summed E-state index contributed by atoms with van der Waals surface area (Å²) < 4.78 is 6.48. The Balaban J connectivity index is 1.64. The quantitative estimate of drug-likeness (QED) is 0.650. The summed E-state index contributed by atoms with van der Waals surface area (Å²) in [7, 11) is 0. The molecule has 0 fully saturated rings. The van der Waals surface area contributed by atoms with Crippen LogP contribution in [0.3, 0.4) is 0 Å². The highest BCUT2D eigenvalue weighted by atomic mass is 16.5. The van der Waals surface area contributed by atoms with Crippen molar-refractivity contribution in [3.05, 3.63) is 58.8 Å². The molecule has 118 valence electrons. The van der Waals surface area contributed by atoms with Gasteiger partial charge in [0.1, 0.15) is 11.4 Å². The Kier molecular flexibility index (Phi) is 4.15. The van der Waals surface area contributed by atoms with Gasteiger partial charge >= 0.3 is 5.97 Å². The van der Waals surface area contributed by atoms with E-state index in [-0.39, 0.29) is 12.3 Å². The van der Waals surface area contributed by atoms with Gasteiger partial charge in [-0.3, -0.25) is 9.59 Å². The molecule has 3 rings (SSSR count). The molecule has 0 bridgehead atoms. The number of nitrogens with two attached hydrogens (primary N) is 1. The minimum absolute atomic E-state index is 0.152. The number of ether oxygens (including phenoxy) is 1. The first-order valence-corrected chi connectivity index (χ1v) is 7.00. The average Bonchev–Trinajstić information content (AvgIpc) is 2.98. The fourth-order valence-corrected chi connectivity index (χ4v) is 2.18. The molecular weight excluding hydrogens is 298 g/mol. The number of H-pyrrole nitrogens is 1. The zero-order valence-electron chi connectivity index (χ0n) is 12.2. The van der Waals surface area contributed by atoms with Crippen molar-refractivity contribution in [2.24, 2.45) is 5.73 Å². The summed E-state index contributed by atoms with van der Waals surface area (Å²) in [4.78, 5) is 30.0. The lowest BCUT2D eigenvalue weighted by molar-refractivity contribution is -0.149. The highest BCUT2D eigenvalue weighted by Gasteiger charge is 2.16. The zero-order valence-corrected chi connectivity index (χ0v) is 12.2. The number of aromatic amines is 1. The van der Waals surface area contributed by atoms with E-state index >= 15 is 0 Å². The molecule has 0 saturated heterocycles. The van der Waals surface area contributed by atoms with Crippen molar-refractivity contribution in [3.8, 4) is 0 Å². The number of benzene rings is 1. The second kappa shape index (κ2) is 6.41. The van der Waals surface area contributed by atoms with Crippen LogP contribution in [-0.4, -0.2) is 31.8 Å². The molecule has 1 atom stereocenters. The highest BCUT2D eigenvalue weighted by Crippen LogP contribution is 2.06. The lowest BCUT2D eigenvalue weighted by Gasteiger charge is -2.11. The summed E-state index contributed by atoms with van der Waals surface area (Å²) in [6, 6.07) is 8.67. The van der Waals surface area contributed by atoms with Crippen LogP contribution in [0.2, 0.25) is 0 Å². The third kappa shape index (κ3) is 3.27. The van der Waals surface area contributed by atoms with Crippen molar-refractivity contribution in [2.45, 2.75) is 19.2 Å². The van der Waals surface area contributed by atoms with E-state index in [4.69, 9.17) is 10.5 Å². The molecule has 3 N–H and O–H groups in total. The lowest BCUT2D eigenvalue weighted by Crippen LogP contribution is -2.34. The summed E-state index contributed by atoms with van der Waals surface area (Å²) in [6.07, 6.45) is 3.03. The molecule has 2 aromatic heterocycles. The van der Waals surface area contributed by atoms with Crippen molar-refractivity contribution in [3.63, 3.8) is 0 Å². The van der Waals surface area contributed by atoms with Gasteiger partial charge in [-0.15, -0.1) is 0 Å². The molecule has 0 aliphatic rings. The number of fused-ring (bicyclic) bond motifs is 1. The standard InChI is InChI=1S/C15H15N5O3/c16-12(6-10-4-2-1-3-5-10)15(22)23-9-20-13-11(7-19-20)14(21)18-8-17-13/h1-5,7-8,12H,6,9,16H2,(H,17,18,21)/t12-/m0/s1. The number of nitrogens with zero attached hydrogens (tertiary/aromatic N) is 3. The predicted molar refractivity (Wildman–Crippen MR) is 82.4 cm³/mol. The van der Waals surface area contributed by atoms with Crippen molar-refractivity contribution in [1.29, 1.82) is 0 Å². The zero-order chi connectivity index (χ0) is 16.2. The predicted octanol–water partition coefficient (Wildman–Crippen LogP) is 0.190. The van der Waals surface area contributed by atoms with Crippen LogP contribution in [0.1, 0.15) is 5.56 Å². The number of nitrogens with one attached hydrogen (secondary N) is 1. The van der Waals surface area contributed by atoms with Gasteiger partial charge in [0.15, 0.2) is 12.4 Å². The Morgan fingerprint density at radius 2 is 2.13 bits per heavy atom. The van der Waals surface area contributed by atoms with E-state index in [1.807, 2.05) is 30.3 Å². The van der Waals surface area contributed by atoms with E-state index in [1.165, 1.54) is 17.2 Å². The molecule has 0 radical (unpaired) electrons. The van der Waals surface area contributed by atoms with E-state index in [2.05, 4.69) is 15.1 Å². The molecule has 0 unspecified atom stereocenters. The van der Waals surface area contributed by atoms with Gasteiger partial charge in [-0.2, -0.15) is 5.10 Å². The molecule has 23 heavy (non-hydrogen) atoms. The van der Waals surface area contributed by atoms with Crippen LogP contribution in [0, 0.1) is 0 Å². The number of esters is 1. The molecule has 0 amide bonds. The Hall–Kier alpha value is -3.00. The van der Waals surface area contributed by atoms with Crippen molar-refractivity contribution >= 4 is 17.0 Å². The molecule has 8 heteroatoms. The van der Waals surface area contributed by atoms with Crippen LogP contribution in [0.4, 0.5) is 0 Å². The Labute approximate surface area is 130 Å². The topological polar surface area (TPSA) is 116 Å². The number of hydrogen-bond acceptors (Lipinski definition) is 6. The van der Waals surface area contributed by atoms with E-state index in [0.717, 1.165) is 5.56 Å². The summed E-state index contributed by atoms with van der Waals surface area (Å²) >= 11 is 0. The molecular formula is C15H15N5O3. The summed E-state index contributed by atoms with van der Waals surface area (Å²) in [5.74, 6) is -0.539. The van der Waals surface area contributed by atoms with Gasteiger partial charge in [0.2, 0.25) is 0 Å². The van der Waals surface area contributed by atoms with Crippen LogP contribution < -0.4 is 11.3 Å². The van der Waals surface area contributed by atoms with Crippen LogP contribution in [-0.2, 0) is 22.7 Å². The number of carbonyl (C=O) groups excluding carboxylic acids is 1. The molecule has 8 nitrogen and oxygen atoms in total. The molecule has 3 aromatic rings. The highest BCUT2D eigenvalue weighted by molar-refractivity contribution is 5.76. The minimum atomic E-state index is -0.768. The van der Waals surface area contributed by atoms with Crippen LogP contribution >= 0.6 is 0 Å². The van der Waals surface area contributed by atoms with Gasteiger partial charge in [-0.25, -0.2) is 9.67 Å². The van der Waals surface area contributed by atoms with Crippen LogP contribution in [0.25, 0.3) is 11.0 Å². The number of aromatic nitrogens is 4. The molecule has 1 aromatic carbocycles. The monoisotopic (exact) mass is 313 g/mol. The van der Waals surface area contributed by atoms with Crippen molar-refractivity contribution in [1.82, 2.24) is 19.7 Å². The van der Waals surface area contributed by atoms with Crippen LogP contribution in [0.5, 0.6) is 0 Å². The Morgan fingerprint density at radius 3 is 2.91 bits per heavy atom. The Bertz CT molecular complexity index is 871. The molecule has 0 aliphatic carbocycles. The summed E-state index contributed by atoms with van der Waals surface area (Å²) in [6.45, 7) is -0.152. The van der Waals surface area contributed by atoms with Gasteiger partial charge < -0.3 is 15.5 Å². The fraction of sp³-hybridized carbons (Fsp3) is 0.200. The molecule has 0 spiro atoms. The first-order valence-electron chi connectivity index (χ1n) is 7.00. The van der Waals surface area contributed by atoms with E-state index < -0.39 is 12.0 Å². The SMILES string of the molecule is N[C@@H](Cc1ccccc1)C(=O)OCn1ncc2c(=O)[nH]cnc21. The number of hydrogen-bond donors (Lipinski definition) is 2. The van der Waals surface area contributed by atoms with E-state index in [9.17, 15) is 9.59 Å². The largest absolute Gasteiger partial charge is 0.441 e. The van der Waals surface area contributed by atoms with Gasteiger partial charge in [0.05, 0.1) is 12.5 Å². The van der Waals surface area contributed by atoms with Crippen molar-refractivity contribution in [2.75, 3.05) is 0 Å². The second-order valence-electron chi connectivity index (χ2n) is 5.00.